The molecule has 0 aliphatic heterocycles. The van der Waals surface area contributed by atoms with E-state index in [1.807, 2.05) is 6.92 Å². The number of non-ortho nitro benzene ring substituents is 1. The maximum atomic E-state index is 11.5. The minimum Gasteiger partial charge on any atom is -0.610 e. The number of nitrogens with zero attached hydrogens (tertiary/aromatic N) is 2. The predicted molar refractivity (Wildman–Crippen MR) is 63.2 cm³/mol. The van der Waals surface area contributed by atoms with Crippen LogP contribution < -0.4 is 0 Å². The Bertz CT molecular complexity index is 541. The van der Waals surface area contributed by atoms with Gasteiger partial charge in [0, 0.05) is 23.3 Å². The zero-order chi connectivity index (χ0) is 11.7. The van der Waals surface area contributed by atoms with E-state index in [9.17, 15) is 14.7 Å². The van der Waals surface area contributed by atoms with Crippen LogP contribution in [0.5, 0.6) is 0 Å². The van der Waals surface area contributed by atoms with Crippen LogP contribution in [0.4, 0.5) is 5.69 Å². The molecule has 0 aliphatic rings. The van der Waals surface area contributed by atoms with E-state index in [2.05, 4.69) is 4.98 Å². The molecule has 0 radical (unpaired) electrons. The first-order chi connectivity index (χ1) is 7.61. The molecule has 0 N–H and O–H groups in total. The van der Waals surface area contributed by atoms with Gasteiger partial charge in [0.25, 0.3) is 5.69 Å². The molecule has 2 aromatic rings. The van der Waals surface area contributed by atoms with Crippen LogP contribution in [0.2, 0.25) is 0 Å². The van der Waals surface area contributed by atoms with Gasteiger partial charge in [0.2, 0.25) is 0 Å². The van der Waals surface area contributed by atoms with Gasteiger partial charge in [0.1, 0.15) is 5.75 Å². The Kier molecular flexibility index (Phi) is 3.08. The highest BCUT2D eigenvalue weighted by Crippen LogP contribution is 2.28. The number of nitro groups is 1. The largest absolute Gasteiger partial charge is 0.610 e. The van der Waals surface area contributed by atoms with Crippen molar-refractivity contribution in [1.82, 2.24) is 4.98 Å². The Hall–Kier alpha value is -1.18. The highest BCUT2D eigenvalue weighted by Gasteiger charge is 2.16. The van der Waals surface area contributed by atoms with Crippen molar-refractivity contribution in [3.8, 4) is 0 Å². The maximum Gasteiger partial charge on any atom is 0.302 e. The molecule has 84 valence electrons. The fourth-order valence-electron chi connectivity index (χ4n) is 1.23. The van der Waals surface area contributed by atoms with Gasteiger partial charge in [-0.15, -0.1) is 0 Å². The Morgan fingerprint density at radius 1 is 1.56 bits per heavy atom. The van der Waals surface area contributed by atoms with Gasteiger partial charge in [-0.1, -0.05) is 11.3 Å². The van der Waals surface area contributed by atoms with Crippen LogP contribution in [0.1, 0.15) is 6.92 Å². The standard InChI is InChI=1S/C9H8N2O3S2/c1-2-16(14)9-10-7-4-3-6(11(12)13)5-8(7)15-9/h3-5H,2H2,1H3. The summed E-state index contributed by atoms with van der Waals surface area (Å²) in [6, 6.07) is 4.45. The van der Waals surface area contributed by atoms with Crippen LogP contribution in [0.3, 0.4) is 0 Å². The molecular weight excluding hydrogens is 248 g/mol. The maximum absolute atomic E-state index is 11.5. The lowest BCUT2D eigenvalue weighted by Gasteiger charge is -2.00. The number of hydrogen-bond acceptors (Lipinski definition) is 5. The second kappa shape index (κ2) is 4.36. The molecule has 0 saturated heterocycles. The van der Waals surface area contributed by atoms with Gasteiger partial charge >= 0.3 is 4.34 Å². The molecule has 1 aromatic heterocycles. The van der Waals surface area contributed by atoms with Crippen molar-refractivity contribution >= 4 is 38.4 Å². The van der Waals surface area contributed by atoms with E-state index in [1.54, 1.807) is 6.07 Å². The van der Waals surface area contributed by atoms with Crippen molar-refractivity contribution in [2.75, 3.05) is 5.75 Å². The fourth-order valence-corrected chi connectivity index (χ4v) is 3.40. The summed E-state index contributed by atoms with van der Waals surface area (Å²) in [4.78, 5) is 14.3. The average molecular weight is 256 g/mol. The number of thiazole rings is 1. The predicted octanol–water partition coefficient (Wildman–Crippen LogP) is 2.33. The third kappa shape index (κ3) is 2.01. The first-order valence-corrected chi connectivity index (χ1v) is 6.68. The highest BCUT2D eigenvalue weighted by atomic mass is 32.2. The third-order valence-corrected chi connectivity index (χ3v) is 4.65. The lowest BCUT2D eigenvalue weighted by Crippen LogP contribution is -2.02. The summed E-state index contributed by atoms with van der Waals surface area (Å²) in [5, 5.41) is 10.6. The summed E-state index contributed by atoms with van der Waals surface area (Å²) < 4.78 is 12.8. The van der Waals surface area contributed by atoms with E-state index in [0.29, 0.717) is 20.3 Å². The number of benzene rings is 1. The molecule has 1 heterocycles. The Balaban J connectivity index is 2.49. The van der Waals surface area contributed by atoms with Crippen LogP contribution in [-0.4, -0.2) is 20.2 Å². The van der Waals surface area contributed by atoms with Crippen molar-refractivity contribution in [3.05, 3.63) is 28.3 Å². The minimum absolute atomic E-state index is 0.0324. The van der Waals surface area contributed by atoms with Crippen LogP contribution in [-0.2, 0) is 11.2 Å². The second-order valence-electron chi connectivity index (χ2n) is 3.02. The zero-order valence-electron chi connectivity index (χ0n) is 8.37. The van der Waals surface area contributed by atoms with Gasteiger partial charge < -0.3 is 4.55 Å². The van der Waals surface area contributed by atoms with Crippen molar-refractivity contribution in [2.24, 2.45) is 0 Å². The lowest BCUT2D eigenvalue weighted by molar-refractivity contribution is -0.384. The quantitative estimate of drug-likeness (QED) is 0.479. The molecular formula is C9H8N2O3S2. The number of fused-ring (bicyclic) bond motifs is 1. The van der Waals surface area contributed by atoms with Crippen molar-refractivity contribution in [2.45, 2.75) is 11.3 Å². The van der Waals surface area contributed by atoms with Crippen LogP contribution in [0.25, 0.3) is 10.2 Å². The molecule has 16 heavy (non-hydrogen) atoms. The van der Waals surface area contributed by atoms with Crippen molar-refractivity contribution in [1.29, 1.82) is 0 Å². The summed E-state index contributed by atoms with van der Waals surface area (Å²) in [5.41, 5.74) is 0.692. The van der Waals surface area contributed by atoms with E-state index >= 15 is 0 Å². The highest BCUT2D eigenvalue weighted by molar-refractivity contribution is 7.93. The van der Waals surface area contributed by atoms with E-state index in [-0.39, 0.29) is 5.69 Å². The van der Waals surface area contributed by atoms with Crippen LogP contribution >= 0.6 is 11.3 Å². The molecule has 7 heteroatoms. The average Bonchev–Trinajstić information content (AvgIpc) is 2.70. The van der Waals surface area contributed by atoms with Crippen LogP contribution in [0, 0.1) is 10.1 Å². The van der Waals surface area contributed by atoms with E-state index in [1.165, 1.54) is 23.5 Å². The van der Waals surface area contributed by atoms with E-state index < -0.39 is 16.1 Å². The number of aromatic nitrogens is 1. The monoisotopic (exact) mass is 256 g/mol. The van der Waals surface area contributed by atoms with Gasteiger partial charge in [-0.05, 0) is 13.0 Å². The van der Waals surface area contributed by atoms with Crippen molar-refractivity contribution in [3.63, 3.8) is 0 Å². The minimum atomic E-state index is -1.10. The summed E-state index contributed by atoms with van der Waals surface area (Å²) in [6.45, 7) is 1.81. The summed E-state index contributed by atoms with van der Waals surface area (Å²) in [5.74, 6) is 0.502. The van der Waals surface area contributed by atoms with Gasteiger partial charge in [-0.3, -0.25) is 10.1 Å². The normalized spacial score (nSPS) is 12.9. The first kappa shape index (κ1) is 11.3. The lowest BCUT2D eigenvalue weighted by atomic mass is 10.3. The molecule has 1 aromatic carbocycles. The Labute approximate surface area is 98.5 Å². The zero-order valence-corrected chi connectivity index (χ0v) is 10.0. The van der Waals surface area contributed by atoms with Gasteiger partial charge in [-0.25, -0.2) is 0 Å². The SMILES string of the molecule is CC[S+]([O-])c1nc2ccc([N+](=O)[O-])cc2s1. The number of rotatable bonds is 3. The molecule has 0 bridgehead atoms. The molecule has 5 nitrogen and oxygen atoms in total. The summed E-state index contributed by atoms with van der Waals surface area (Å²) >= 11 is 0.143. The van der Waals surface area contributed by atoms with Crippen LogP contribution in [0.15, 0.2) is 22.5 Å². The smallest absolute Gasteiger partial charge is 0.302 e. The third-order valence-electron chi connectivity index (χ3n) is 2.02. The Morgan fingerprint density at radius 3 is 2.94 bits per heavy atom. The van der Waals surface area contributed by atoms with Gasteiger partial charge in [-0.2, -0.15) is 4.98 Å². The topological polar surface area (TPSA) is 79.1 Å². The fraction of sp³-hybridized carbons (Fsp3) is 0.222. The van der Waals surface area contributed by atoms with Crippen molar-refractivity contribution < 1.29 is 9.48 Å². The molecule has 0 spiro atoms. The Morgan fingerprint density at radius 2 is 2.31 bits per heavy atom. The van der Waals surface area contributed by atoms with Gasteiger partial charge in [0.15, 0.2) is 0 Å². The molecule has 2 rings (SSSR count). The molecule has 0 fully saturated rings. The molecule has 0 amide bonds. The summed E-state index contributed by atoms with van der Waals surface area (Å²) in [6.07, 6.45) is 0. The summed E-state index contributed by atoms with van der Waals surface area (Å²) in [7, 11) is 0. The molecule has 1 atom stereocenters. The second-order valence-corrected chi connectivity index (χ2v) is 5.97. The number of nitro benzene ring substituents is 1. The molecule has 1 unspecified atom stereocenters. The van der Waals surface area contributed by atoms with E-state index in [4.69, 9.17) is 0 Å². The van der Waals surface area contributed by atoms with Gasteiger partial charge in [0.05, 0.1) is 15.1 Å². The van der Waals surface area contributed by atoms with E-state index in [0.717, 1.165) is 0 Å². The first-order valence-electron chi connectivity index (χ1n) is 4.55. The molecule has 0 aliphatic carbocycles. The molecule has 0 saturated carbocycles. The number of hydrogen-bond donors (Lipinski definition) is 0.